The van der Waals surface area contributed by atoms with E-state index in [4.69, 9.17) is 9.15 Å². The summed E-state index contributed by atoms with van der Waals surface area (Å²) in [5.41, 5.74) is -2.03. The topological polar surface area (TPSA) is 100 Å². The number of hydrogen-bond donors (Lipinski definition) is 2. The van der Waals surface area contributed by atoms with Crippen molar-refractivity contribution in [2.24, 2.45) is 51.2 Å². The lowest BCUT2D eigenvalue weighted by Gasteiger charge is -2.71. The van der Waals surface area contributed by atoms with Crippen molar-refractivity contribution in [1.29, 1.82) is 0 Å². The van der Waals surface area contributed by atoms with Gasteiger partial charge in [0, 0.05) is 33.2 Å². The molecule has 0 aromatic carbocycles. The van der Waals surface area contributed by atoms with Gasteiger partial charge in [0.2, 0.25) is 5.78 Å². The van der Waals surface area contributed by atoms with Crippen molar-refractivity contribution in [1.82, 2.24) is 4.90 Å². The molecule has 0 saturated heterocycles. The van der Waals surface area contributed by atoms with Crippen LogP contribution >= 0.6 is 11.3 Å². The van der Waals surface area contributed by atoms with Crippen LogP contribution in [0.5, 0.6) is 0 Å². The maximum atomic E-state index is 14.6. The fraction of sp³-hybridized carbons (Fsp3) is 0.682. The maximum Gasteiger partial charge on any atom is 0.410 e. The Morgan fingerprint density at radius 3 is 2.52 bits per heavy atom. The maximum absolute atomic E-state index is 14.6. The predicted octanol–water partition coefficient (Wildman–Crippen LogP) is 9.26. The number of rotatable bonds is 9. The summed E-state index contributed by atoms with van der Waals surface area (Å²) in [5, 5.41) is 26.2. The first kappa shape index (κ1) is 36.3. The normalized spacial score (nSPS) is 42.0. The molecular weight excluding hydrogens is 671 g/mol. The lowest BCUT2D eigenvalue weighted by Crippen LogP contribution is -2.67. The van der Waals surface area contributed by atoms with E-state index in [0.29, 0.717) is 49.3 Å². The van der Waals surface area contributed by atoms with Gasteiger partial charge in [0.15, 0.2) is 5.76 Å². The van der Waals surface area contributed by atoms with Crippen LogP contribution in [0.3, 0.4) is 0 Å². The summed E-state index contributed by atoms with van der Waals surface area (Å²) in [5.74, 6) is 1.72. The lowest BCUT2D eigenvalue weighted by atomic mass is 9.32. The van der Waals surface area contributed by atoms with E-state index in [1.54, 1.807) is 29.7 Å². The smallest absolute Gasteiger partial charge is 0.410 e. The molecule has 2 N–H and O–H groups in total. The molecule has 0 radical (unpaired) electrons. The van der Waals surface area contributed by atoms with E-state index in [9.17, 15) is 19.8 Å². The molecule has 11 atom stereocenters. The second kappa shape index (κ2) is 13.0. The quantitative estimate of drug-likeness (QED) is 0.197. The van der Waals surface area contributed by atoms with Gasteiger partial charge in [0.05, 0.1) is 24.5 Å². The number of thiophene rings is 1. The SMILES string of the molecule is CC(C)[C@H]1CC[C@H](C)C[C@@H]1OC(=O)N(CCc1cccs1)C[C@]1(O)CC[C@H]2[C@]34C=C[C@@]5(C=C3C(=O)c3ccco3)CC(O)CC[C@]5(C)[C@H]4CC[C@@]21C. The van der Waals surface area contributed by atoms with E-state index in [1.165, 1.54) is 4.88 Å². The zero-order chi connectivity index (χ0) is 36.7. The predicted molar refractivity (Wildman–Crippen MR) is 203 cm³/mol. The first-order chi connectivity index (χ1) is 24.8. The second-order valence-corrected chi connectivity index (χ2v) is 19.6. The van der Waals surface area contributed by atoms with Gasteiger partial charge in [-0.05, 0) is 123 Å². The molecule has 2 bridgehead atoms. The highest BCUT2D eigenvalue weighted by molar-refractivity contribution is 7.09. The molecule has 4 fully saturated rings. The van der Waals surface area contributed by atoms with Crippen LogP contribution in [0.1, 0.15) is 114 Å². The zero-order valence-electron chi connectivity index (χ0n) is 31.8. The summed E-state index contributed by atoms with van der Waals surface area (Å²) in [4.78, 5) is 32.0. The lowest BCUT2D eigenvalue weighted by molar-refractivity contribution is -0.175. The first-order valence-electron chi connectivity index (χ1n) is 20.2. The van der Waals surface area contributed by atoms with E-state index < -0.39 is 27.9 Å². The van der Waals surface area contributed by atoms with Crippen molar-refractivity contribution < 1.29 is 29.0 Å². The summed E-state index contributed by atoms with van der Waals surface area (Å²) in [7, 11) is 0. The molecule has 2 heterocycles. The highest BCUT2D eigenvalue weighted by atomic mass is 32.1. The molecule has 2 aromatic heterocycles. The monoisotopic (exact) mass is 729 g/mol. The highest BCUT2D eigenvalue weighted by Crippen LogP contribution is 2.78. The number of fused-ring (bicyclic) bond motifs is 1. The van der Waals surface area contributed by atoms with Crippen LogP contribution in [0.15, 0.2) is 64.1 Å². The van der Waals surface area contributed by atoms with E-state index in [-0.39, 0.29) is 41.8 Å². The van der Waals surface area contributed by atoms with Gasteiger partial charge in [-0.15, -0.1) is 11.3 Å². The van der Waals surface area contributed by atoms with Crippen molar-refractivity contribution in [3.63, 3.8) is 0 Å². The summed E-state index contributed by atoms with van der Waals surface area (Å²) in [6, 6.07) is 7.69. The van der Waals surface area contributed by atoms with Crippen molar-refractivity contribution in [3.05, 3.63) is 70.3 Å². The van der Waals surface area contributed by atoms with Crippen molar-refractivity contribution >= 4 is 23.2 Å². The van der Waals surface area contributed by atoms with E-state index in [0.717, 1.165) is 56.9 Å². The van der Waals surface area contributed by atoms with Gasteiger partial charge < -0.3 is 24.3 Å². The van der Waals surface area contributed by atoms with Crippen LogP contribution < -0.4 is 0 Å². The molecular formula is C44H59NO6S. The Kier molecular flexibility index (Phi) is 9.06. The van der Waals surface area contributed by atoms with Crippen LogP contribution in [0.4, 0.5) is 4.79 Å². The Labute approximate surface area is 313 Å². The number of Topliss-reactive ketones (excluding diaryl/α,β-unsaturated/α-hetero) is 1. The summed E-state index contributed by atoms with van der Waals surface area (Å²) in [6.45, 7) is 12.1. The molecule has 1 amide bonds. The van der Waals surface area contributed by atoms with E-state index >= 15 is 0 Å². The number of carbonyl (C=O) groups excluding carboxylic acids is 2. The van der Waals surface area contributed by atoms with Gasteiger partial charge >= 0.3 is 6.09 Å². The molecule has 2 aromatic rings. The molecule has 2 spiro atoms. The number of hydrogen-bond acceptors (Lipinski definition) is 7. The second-order valence-electron chi connectivity index (χ2n) is 18.6. The zero-order valence-corrected chi connectivity index (χ0v) is 32.6. The van der Waals surface area contributed by atoms with Gasteiger partial charge in [-0.3, -0.25) is 4.79 Å². The van der Waals surface area contributed by atoms with Crippen molar-refractivity contribution in [2.45, 2.75) is 123 Å². The molecule has 0 aliphatic heterocycles. The van der Waals surface area contributed by atoms with Gasteiger partial charge in [-0.1, -0.05) is 65.3 Å². The van der Waals surface area contributed by atoms with Crippen molar-refractivity contribution in [3.8, 4) is 0 Å². The van der Waals surface area contributed by atoms with Crippen LogP contribution in [-0.4, -0.2) is 57.9 Å². The standard InChI is InChI=1S/C44H59NO6S/c1-28(2)32-11-10-29(3)24-35(32)51-39(48)45(21-15-31-8-7-23-52-31)27-43(49)18-14-37-41(43,5)17-13-36-40(4)16-12-30(46)25-42(40)19-20-44(36,37)33(26-42)38(47)34-9-6-22-50-34/h6-9,19-20,22-23,26,28-30,32,35-37,46,49H,10-18,21,24-25,27H2,1-5H3/t29-,30?,32+,35-,36+,37+,40+,41-,42-,43+,44+/m0/s1. The summed E-state index contributed by atoms with van der Waals surface area (Å²) < 4.78 is 12.2. The van der Waals surface area contributed by atoms with Crippen LogP contribution in [0.2, 0.25) is 0 Å². The average molecular weight is 730 g/mol. The Bertz CT molecular complexity index is 1710. The molecule has 7 nitrogen and oxygen atoms in total. The van der Waals surface area contributed by atoms with Crippen LogP contribution in [-0.2, 0) is 11.2 Å². The van der Waals surface area contributed by atoms with Crippen LogP contribution in [0, 0.1) is 51.2 Å². The number of furan rings is 1. The minimum atomic E-state index is -1.16. The molecule has 52 heavy (non-hydrogen) atoms. The molecule has 7 aliphatic rings. The number of allylic oxidation sites excluding steroid dienone is 4. The third-order valence-corrected chi connectivity index (χ3v) is 16.8. The van der Waals surface area contributed by atoms with E-state index in [1.807, 2.05) is 11.0 Å². The Morgan fingerprint density at radius 2 is 1.79 bits per heavy atom. The summed E-state index contributed by atoms with van der Waals surface area (Å²) in [6.07, 6.45) is 16.7. The molecule has 8 heteroatoms. The minimum absolute atomic E-state index is 0.00757. The van der Waals surface area contributed by atoms with Gasteiger partial charge in [0.25, 0.3) is 0 Å². The highest BCUT2D eigenvalue weighted by Gasteiger charge is 2.74. The fourth-order valence-corrected chi connectivity index (χ4v) is 13.5. The van der Waals surface area contributed by atoms with Gasteiger partial charge in [-0.25, -0.2) is 4.79 Å². The fourth-order valence-electron chi connectivity index (χ4n) is 12.8. The number of ether oxygens (including phenoxy) is 1. The Morgan fingerprint density at radius 1 is 1.02 bits per heavy atom. The Balaban J connectivity index is 1.14. The molecule has 1 unspecified atom stereocenters. The van der Waals surface area contributed by atoms with E-state index in [2.05, 4.69) is 64.3 Å². The number of amides is 1. The molecule has 282 valence electrons. The minimum Gasteiger partial charge on any atom is -0.461 e. The first-order valence-corrected chi connectivity index (χ1v) is 21.0. The largest absolute Gasteiger partial charge is 0.461 e. The number of aliphatic hydroxyl groups is 2. The van der Waals surface area contributed by atoms with Crippen LogP contribution in [0.25, 0.3) is 0 Å². The number of nitrogens with zero attached hydrogens (tertiary/aromatic N) is 1. The third kappa shape index (κ3) is 5.38. The molecule has 9 rings (SSSR count). The molecule has 4 saturated carbocycles. The molecule has 7 aliphatic carbocycles. The van der Waals surface area contributed by atoms with Gasteiger partial charge in [0.1, 0.15) is 6.10 Å². The van der Waals surface area contributed by atoms with Gasteiger partial charge in [-0.2, -0.15) is 0 Å². The number of ketones is 1. The number of carbonyl (C=O) groups is 2. The number of aliphatic hydroxyl groups excluding tert-OH is 1. The Hall–Kier alpha value is -2.68. The summed E-state index contributed by atoms with van der Waals surface area (Å²) >= 11 is 1.70. The average Bonchev–Trinajstić information content (AvgIpc) is 3.88. The third-order valence-electron chi connectivity index (χ3n) is 15.8. The van der Waals surface area contributed by atoms with Crippen molar-refractivity contribution in [2.75, 3.05) is 13.1 Å².